The number of nitrogens with zero attached hydrogens (tertiary/aromatic N) is 1. The molecule has 0 atom stereocenters. The Labute approximate surface area is 84.7 Å². The summed E-state index contributed by atoms with van der Waals surface area (Å²) < 4.78 is 5.19. The van der Waals surface area contributed by atoms with Gasteiger partial charge in [0.05, 0.1) is 12.8 Å². The van der Waals surface area contributed by atoms with Crippen LogP contribution in [0.5, 0.6) is 0 Å². The zero-order valence-electron chi connectivity index (χ0n) is 9.04. The Bertz CT molecular complexity index is 304. The molecule has 0 spiro atoms. The Balaban J connectivity index is 2.45. The van der Waals surface area contributed by atoms with Gasteiger partial charge in [-0.2, -0.15) is 0 Å². The molecular weight excluding hydrogens is 178 g/mol. The zero-order valence-corrected chi connectivity index (χ0v) is 9.04. The Morgan fingerprint density at radius 2 is 2.29 bits per heavy atom. The first-order chi connectivity index (χ1) is 6.63. The fraction of sp³-hybridized carbons (Fsp3) is 0.545. The molecule has 0 aliphatic heterocycles. The average Bonchev–Trinajstić information content (AvgIpc) is 2.51. The Morgan fingerprint density at radius 3 is 2.79 bits per heavy atom. The molecule has 1 aromatic heterocycles. The highest BCUT2D eigenvalue weighted by atomic mass is 16.3. The van der Waals surface area contributed by atoms with Crippen molar-refractivity contribution in [1.29, 1.82) is 0 Å². The second kappa shape index (κ2) is 4.96. The monoisotopic (exact) mass is 195 g/mol. The predicted octanol–water partition coefficient (Wildman–Crippen LogP) is 2.00. The van der Waals surface area contributed by atoms with E-state index in [4.69, 9.17) is 4.42 Å². The van der Waals surface area contributed by atoms with Gasteiger partial charge in [0.25, 0.3) is 0 Å². The average molecular weight is 195 g/mol. The van der Waals surface area contributed by atoms with E-state index in [1.165, 1.54) is 0 Å². The van der Waals surface area contributed by atoms with E-state index in [9.17, 15) is 4.79 Å². The topological polar surface area (TPSA) is 33.5 Å². The minimum Gasteiger partial charge on any atom is -0.469 e. The predicted molar refractivity (Wildman–Crippen MR) is 55.1 cm³/mol. The SMILES string of the molecule is CCC(=O)CN(C)Cc1ccoc1C. The molecule has 0 radical (unpaired) electrons. The van der Waals surface area contributed by atoms with Gasteiger partial charge >= 0.3 is 0 Å². The van der Waals surface area contributed by atoms with Crippen molar-refractivity contribution >= 4 is 5.78 Å². The van der Waals surface area contributed by atoms with Crippen LogP contribution < -0.4 is 0 Å². The van der Waals surface area contributed by atoms with Crippen LogP contribution in [0.3, 0.4) is 0 Å². The fourth-order valence-corrected chi connectivity index (χ4v) is 1.33. The highest BCUT2D eigenvalue weighted by Crippen LogP contribution is 2.10. The van der Waals surface area contributed by atoms with E-state index in [2.05, 4.69) is 0 Å². The lowest BCUT2D eigenvalue weighted by Crippen LogP contribution is -2.25. The van der Waals surface area contributed by atoms with E-state index in [1.807, 2.05) is 31.9 Å². The number of furan rings is 1. The third-order valence-corrected chi connectivity index (χ3v) is 2.25. The first kappa shape index (κ1) is 11.0. The lowest BCUT2D eigenvalue weighted by molar-refractivity contribution is -0.119. The number of carbonyl (C=O) groups excluding carboxylic acids is 1. The van der Waals surface area contributed by atoms with Crippen LogP contribution in [-0.2, 0) is 11.3 Å². The standard InChI is InChI=1S/C11H17NO2/c1-4-11(13)8-12(3)7-10-5-6-14-9(10)2/h5-6H,4,7-8H2,1-3H3. The quantitative estimate of drug-likeness (QED) is 0.720. The van der Waals surface area contributed by atoms with Crippen LogP contribution in [-0.4, -0.2) is 24.3 Å². The summed E-state index contributed by atoms with van der Waals surface area (Å²) in [5.41, 5.74) is 1.15. The third-order valence-electron chi connectivity index (χ3n) is 2.25. The molecular formula is C11H17NO2. The van der Waals surface area contributed by atoms with Crippen molar-refractivity contribution in [3.8, 4) is 0 Å². The lowest BCUT2D eigenvalue weighted by Gasteiger charge is -2.14. The summed E-state index contributed by atoms with van der Waals surface area (Å²) >= 11 is 0. The van der Waals surface area contributed by atoms with Gasteiger partial charge in [-0.05, 0) is 20.0 Å². The smallest absolute Gasteiger partial charge is 0.146 e. The molecule has 0 N–H and O–H groups in total. The number of hydrogen-bond acceptors (Lipinski definition) is 3. The van der Waals surface area contributed by atoms with Gasteiger partial charge < -0.3 is 4.42 Å². The van der Waals surface area contributed by atoms with Gasteiger partial charge in [0.1, 0.15) is 11.5 Å². The molecule has 0 aromatic carbocycles. The molecule has 14 heavy (non-hydrogen) atoms. The minimum atomic E-state index is 0.272. The van der Waals surface area contributed by atoms with Gasteiger partial charge in [-0.25, -0.2) is 0 Å². The summed E-state index contributed by atoms with van der Waals surface area (Å²) in [5, 5.41) is 0. The first-order valence-electron chi connectivity index (χ1n) is 4.86. The van der Waals surface area contributed by atoms with Crippen LogP contribution in [0.15, 0.2) is 16.7 Å². The van der Waals surface area contributed by atoms with E-state index in [0.717, 1.165) is 17.9 Å². The number of rotatable bonds is 5. The molecule has 3 nitrogen and oxygen atoms in total. The van der Waals surface area contributed by atoms with Crippen LogP contribution in [0.1, 0.15) is 24.7 Å². The summed E-state index contributed by atoms with van der Waals surface area (Å²) in [6.07, 6.45) is 2.29. The maximum Gasteiger partial charge on any atom is 0.146 e. The molecule has 78 valence electrons. The van der Waals surface area contributed by atoms with Crippen molar-refractivity contribution in [3.05, 3.63) is 23.7 Å². The maximum atomic E-state index is 11.2. The van der Waals surface area contributed by atoms with Crippen LogP contribution in [0.25, 0.3) is 0 Å². The van der Waals surface area contributed by atoms with Gasteiger partial charge in [0.2, 0.25) is 0 Å². The maximum absolute atomic E-state index is 11.2. The van der Waals surface area contributed by atoms with E-state index in [-0.39, 0.29) is 5.78 Å². The van der Waals surface area contributed by atoms with Crippen molar-refractivity contribution in [2.75, 3.05) is 13.6 Å². The number of Topliss-reactive ketones (excluding diaryl/α,β-unsaturated/α-hetero) is 1. The van der Waals surface area contributed by atoms with Crippen molar-refractivity contribution in [1.82, 2.24) is 4.90 Å². The van der Waals surface area contributed by atoms with Crippen LogP contribution in [0.4, 0.5) is 0 Å². The van der Waals surface area contributed by atoms with E-state index in [0.29, 0.717) is 13.0 Å². The Morgan fingerprint density at radius 1 is 1.57 bits per heavy atom. The third kappa shape index (κ3) is 3.00. The van der Waals surface area contributed by atoms with E-state index >= 15 is 0 Å². The van der Waals surface area contributed by atoms with Crippen LogP contribution in [0.2, 0.25) is 0 Å². The zero-order chi connectivity index (χ0) is 10.6. The molecule has 0 unspecified atom stereocenters. The van der Waals surface area contributed by atoms with Crippen molar-refractivity contribution in [2.24, 2.45) is 0 Å². The highest BCUT2D eigenvalue weighted by Gasteiger charge is 2.07. The van der Waals surface area contributed by atoms with Crippen LogP contribution >= 0.6 is 0 Å². The summed E-state index contributed by atoms with van der Waals surface area (Å²) in [5.74, 6) is 1.20. The van der Waals surface area contributed by atoms with Gasteiger partial charge in [-0.1, -0.05) is 6.92 Å². The molecule has 1 rings (SSSR count). The molecule has 0 amide bonds. The second-order valence-corrected chi connectivity index (χ2v) is 3.57. The summed E-state index contributed by atoms with van der Waals surface area (Å²) in [4.78, 5) is 13.2. The van der Waals surface area contributed by atoms with Crippen molar-refractivity contribution < 1.29 is 9.21 Å². The number of hydrogen-bond donors (Lipinski definition) is 0. The first-order valence-corrected chi connectivity index (χ1v) is 4.86. The van der Waals surface area contributed by atoms with Gasteiger partial charge in [0.15, 0.2) is 0 Å². The number of carbonyl (C=O) groups is 1. The Hall–Kier alpha value is -1.09. The summed E-state index contributed by atoms with van der Waals surface area (Å²) in [7, 11) is 1.94. The Kier molecular flexibility index (Phi) is 3.89. The largest absolute Gasteiger partial charge is 0.469 e. The molecule has 1 heterocycles. The van der Waals surface area contributed by atoms with Gasteiger partial charge in [0, 0.05) is 18.5 Å². The molecule has 0 saturated heterocycles. The lowest BCUT2D eigenvalue weighted by atomic mass is 10.2. The van der Waals surface area contributed by atoms with Crippen LogP contribution in [0, 0.1) is 6.92 Å². The van der Waals surface area contributed by atoms with Crippen molar-refractivity contribution in [3.63, 3.8) is 0 Å². The molecule has 1 aromatic rings. The summed E-state index contributed by atoms with van der Waals surface area (Å²) in [6, 6.07) is 1.95. The normalized spacial score (nSPS) is 10.9. The number of aryl methyl sites for hydroxylation is 1. The van der Waals surface area contributed by atoms with Gasteiger partial charge in [-0.3, -0.25) is 9.69 Å². The van der Waals surface area contributed by atoms with E-state index in [1.54, 1.807) is 6.26 Å². The second-order valence-electron chi connectivity index (χ2n) is 3.57. The molecule has 0 bridgehead atoms. The highest BCUT2D eigenvalue weighted by molar-refractivity contribution is 5.80. The molecule has 0 fully saturated rings. The van der Waals surface area contributed by atoms with Gasteiger partial charge in [-0.15, -0.1) is 0 Å². The molecule has 0 saturated carbocycles. The minimum absolute atomic E-state index is 0.272. The van der Waals surface area contributed by atoms with E-state index < -0.39 is 0 Å². The molecule has 3 heteroatoms. The summed E-state index contributed by atoms with van der Waals surface area (Å²) in [6.45, 7) is 5.11. The number of likely N-dealkylation sites (N-methyl/N-ethyl adjacent to an activating group) is 1. The van der Waals surface area contributed by atoms with Crippen molar-refractivity contribution in [2.45, 2.75) is 26.8 Å². The molecule has 0 aliphatic rings. The fourth-order valence-electron chi connectivity index (χ4n) is 1.33. The number of ketones is 1. The molecule has 0 aliphatic carbocycles.